The minimum Gasteiger partial charge on any atom is -0.348 e. The van der Waals surface area contributed by atoms with Crippen molar-refractivity contribution in [2.24, 2.45) is 5.92 Å². The zero-order valence-corrected chi connectivity index (χ0v) is 15.0. The third-order valence-corrected chi connectivity index (χ3v) is 4.53. The van der Waals surface area contributed by atoms with Crippen LogP contribution >= 0.6 is 11.6 Å². The van der Waals surface area contributed by atoms with Gasteiger partial charge in [-0.2, -0.15) is 0 Å². The van der Waals surface area contributed by atoms with Crippen LogP contribution in [-0.4, -0.2) is 13.2 Å². The molecule has 0 spiro atoms. The van der Waals surface area contributed by atoms with Gasteiger partial charge in [-0.3, -0.25) is 0 Å². The molecule has 2 aromatic rings. The number of rotatable bonds is 5. The molecule has 2 nitrogen and oxygen atoms in total. The molecule has 1 saturated heterocycles. The summed E-state index contributed by atoms with van der Waals surface area (Å²) in [6.45, 7) is 3.49. The Balaban J connectivity index is 1.62. The maximum Gasteiger partial charge on any atom is 0.183 e. The van der Waals surface area contributed by atoms with Crippen LogP contribution in [0.25, 0.3) is 11.1 Å². The molecule has 0 aromatic heterocycles. The van der Waals surface area contributed by atoms with Gasteiger partial charge in [-0.15, -0.1) is 0 Å². The molecule has 0 saturated carbocycles. The molecule has 0 atom stereocenters. The second-order valence-electron chi connectivity index (χ2n) is 6.23. The van der Waals surface area contributed by atoms with Gasteiger partial charge in [-0.05, 0) is 29.7 Å². The first-order valence-electron chi connectivity index (χ1n) is 8.62. The molecule has 3 rings (SSSR count). The molecule has 0 radical (unpaired) electrons. The zero-order valence-electron chi connectivity index (χ0n) is 14.3. The second-order valence-corrected chi connectivity index (χ2v) is 6.63. The van der Waals surface area contributed by atoms with Crippen molar-refractivity contribution in [2.45, 2.75) is 26.1 Å². The molecule has 132 valence electrons. The van der Waals surface area contributed by atoms with Gasteiger partial charge in [-0.25, -0.2) is 4.39 Å². The second kappa shape index (κ2) is 8.61. The van der Waals surface area contributed by atoms with Crippen molar-refractivity contribution < 1.29 is 13.9 Å². The maximum absolute atomic E-state index is 13.6. The lowest BCUT2D eigenvalue weighted by Gasteiger charge is -2.28. The van der Waals surface area contributed by atoms with Crippen LogP contribution in [0.15, 0.2) is 54.6 Å². The summed E-state index contributed by atoms with van der Waals surface area (Å²) < 4.78 is 25.3. The summed E-state index contributed by atoms with van der Waals surface area (Å²) in [5.41, 5.74) is 2.68. The predicted molar refractivity (Wildman–Crippen MR) is 99.0 cm³/mol. The van der Waals surface area contributed by atoms with Gasteiger partial charge in [0.05, 0.1) is 18.2 Å². The topological polar surface area (TPSA) is 18.5 Å². The minimum atomic E-state index is -0.413. The van der Waals surface area contributed by atoms with Gasteiger partial charge >= 0.3 is 0 Å². The van der Waals surface area contributed by atoms with E-state index >= 15 is 0 Å². The molecule has 0 bridgehead atoms. The van der Waals surface area contributed by atoms with E-state index in [4.69, 9.17) is 21.1 Å². The van der Waals surface area contributed by atoms with E-state index < -0.39 is 5.82 Å². The van der Waals surface area contributed by atoms with Crippen molar-refractivity contribution in [1.29, 1.82) is 0 Å². The molecule has 1 aliphatic heterocycles. The molecule has 2 aromatic carbocycles. The van der Waals surface area contributed by atoms with Crippen molar-refractivity contribution in [3.63, 3.8) is 0 Å². The smallest absolute Gasteiger partial charge is 0.183 e. The molecule has 0 amide bonds. The van der Waals surface area contributed by atoms with Gasteiger partial charge in [0.1, 0.15) is 5.82 Å². The average molecular weight is 361 g/mol. The lowest BCUT2D eigenvalue weighted by Crippen LogP contribution is -2.25. The zero-order chi connectivity index (χ0) is 17.6. The third-order valence-electron chi connectivity index (χ3n) is 4.22. The van der Waals surface area contributed by atoms with Gasteiger partial charge < -0.3 is 9.47 Å². The van der Waals surface area contributed by atoms with Crippen LogP contribution in [0, 0.1) is 11.7 Å². The summed E-state index contributed by atoms with van der Waals surface area (Å²) in [6.07, 6.45) is 6.27. The Morgan fingerprint density at radius 1 is 1.08 bits per heavy atom. The first-order chi connectivity index (χ1) is 12.2. The van der Waals surface area contributed by atoms with E-state index in [2.05, 4.69) is 19.1 Å². The lowest BCUT2D eigenvalue weighted by atomic mass is 10.0. The predicted octanol–water partition coefficient (Wildman–Crippen LogP) is 6.16. The highest BCUT2D eigenvalue weighted by Gasteiger charge is 2.21. The standard InChI is InChI=1S/C21H22ClFO2/c1-2-3-4-5-15-13-24-21(25-14-15)17-8-6-16(7-9-17)18-10-11-19(22)20(23)12-18/h4-12,15,21H,2-3,13-14H2,1H3/t15-,21-. The largest absolute Gasteiger partial charge is 0.348 e. The monoisotopic (exact) mass is 360 g/mol. The molecule has 0 unspecified atom stereocenters. The maximum atomic E-state index is 13.6. The number of hydrogen-bond donors (Lipinski definition) is 0. The fraction of sp³-hybridized carbons (Fsp3) is 0.333. The van der Waals surface area contributed by atoms with Crippen LogP contribution in [0.3, 0.4) is 0 Å². The first kappa shape index (κ1) is 18.1. The summed E-state index contributed by atoms with van der Waals surface area (Å²) >= 11 is 5.73. The normalized spacial score (nSPS) is 20.9. The lowest BCUT2D eigenvalue weighted by molar-refractivity contribution is -0.197. The van der Waals surface area contributed by atoms with Crippen molar-refractivity contribution in [3.8, 4) is 11.1 Å². The van der Waals surface area contributed by atoms with Crippen molar-refractivity contribution in [1.82, 2.24) is 0 Å². The number of hydrogen-bond acceptors (Lipinski definition) is 2. The highest BCUT2D eigenvalue weighted by molar-refractivity contribution is 6.30. The van der Waals surface area contributed by atoms with Crippen LogP contribution in [0.5, 0.6) is 0 Å². The highest BCUT2D eigenvalue weighted by Crippen LogP contribution is 2.29. The number of benzene rings is 2. The third kappa shape index (κ3) is 4.69. The Morgan fingerprint density at radius 3 is 2.40 bits per heavy atom. The SMILES string of the molecule is CCCC=C[C@H]1CO[C@H](c2ccc(-c3ccc(Cl)c(F)c3)cc2)OC1. The van der Waals surface area contributed by atoms with Gasteiger partial charge in [0, 0.05) is 11.5 Å². The molecular formula is C21H22ClFO2. The van der Waals surface area contributed by atoms with Crippen molar-refractivity contribution in [2.75, 3.05) is 13.2 Å². The van der Waals surface area contributed by atoms with Crippen molar-refractivity contribution >= 4 is 11.6 Å². The molecule has 1 aliphatic rings. The first-order valence-corrected chi connectivity index (χ1v) is 9.00. The van der Waals surface area contributed by atoms with E-state index in [1.54, 1.807) is 12.1 Å². The van der Waals surface area contributed by atoms with Crippen LogP contribution in [-0.2, 0) is 9.47 Å². The molecule has 25 heavy (non-hydrogen) atoms. The number of allylic oxidation sites excluding steroid dienone is 1. The van der Waals surface area contributed by atoms with E-state index in [1.165, 1.54) is 6.07 Å². The number of ether oxygens (including phenoxy) is 2. The van der Waals surface area contributed by atoms with E-state index in [0.29, 0.717) is 19.1 Å². The quantitative estimate of drug-likeness (QED) is 0.594. The van der Waals surface area contributed by atoms with E-state index in [1.807, 2.05) is 24.3 Å². The Hall–Kier alpha value is -1.68. The number of unbranched alkanes of at least 4 members (excludes halogenated alkanes) is 1. The van der Waals surface area contributed by atoms with Crippen LogP contribution in [0.2, 0.25) is 5.02 Å². The Kier molecular flexibility index (Phi) is 6.24. The number of halogens is 2. The molecule has 0 N–H and O–H groups in total. The fourth-order valence-electron chi connectivity index (χ4n) is 2.79. The Bertz CT molecular complexity index is 719. The summed E-state index contributed by atoms with van der Waals surface area (Å²) in [4.78, 5) is 0. The summed E-state index contributed by atoms with van der Waals surface area (Å²) in [7, 11) is 0. The Labute approximate surface area is 153 Å². The van der Waals surface area contributed by atoms with E-state index in [0.717, 1.165) is 29.5 Å². The van der Waals surface area contributed by atoms with E-state index in [9.17, 15) is 4.39 Å². The average Bonchev–Trinajstić information content (AvgIpc) is 2.65. The minimum absolute atomic E-state index is 0.131. The van der Waals surface area contributed by atoms with E-state index in [-0.39, 0.29) is 11.3 Å². The molecule has 4 heteroatoms. The summed E-state index contributed by atoms with van der Waals surface area (Å²) in [5, 5.41) is 0.131. The van der Waals surface area contributed by atoms with Crippen molar-refractivity contribution in [3.05, 3.63) is 71.0 Å². The van der Waals surface area contributed by atoms with Gasteiger partial charge in [-0.1, -0.05) is 67.4 Å². The van der Waals surface area contributed by atoms with Gasteiger partial charge in [0.15, 0.2) is 6.29 Å². The van der Waals surface area contributed by atoms with Crippen LogP contribution in [0.1, 0.15) is 31.6 Å². The molecule has 0 aliphatic carbocycles. The Morgan fingerprint density at radius 2 is 1.76 bits per heavy atom. The highest BCUT2D eigenvalue weighted by atomic mass is 35.5. The molecule has 1 heterocycles. The van der Waals surface area contributed by atoms with Gasteiger partial charge in [0.2, 0.25) is 0 Å². The molecule has 1 fully saturated rings. The van der Waals surface area contributed by atoms with Crippen LogP contribution in [0.4, 0.5) is 4.39 Å². The van der Waals surface area contributed by atoms with Gasteiger partial charge in [0.25, 0.3) is 0 Å². The summed E-state index contributed by atoms with van der Waals surface area (Å²) in [6, 6.07) is 12.6. The fourth-order valence-corrected chi connectivity index (χ4v) is 2.90. The molecular weight excluding hydrogens is 339 g/mol. The summed E-state index contributed by atoms with van der Waals surface area (Å²) in [5.74, 6) is -0.0940. The van der Waals surface area contributed by atoms with Crippen LogP contribution < -0.4 is 0 Å².